The molecule has 0 saturated heterocycles. The monoisotopic (exact) mass is 340 g/mol. The fourth-order valence-electron chi connectivity index (χ4n) is 2.02. The molecule has 1 aromatic heterocycles. The van der Waals surface area contributed by atoms with Gasteiger partial charge in [-0.1, -0.05) is 18.1 Å². The number of carbonyl (C=O) groups excluding carboxylic acids is 1. The maximum absolute atomic E-state index is 11.8. The van der Waals surface area contributed by atoms with Crippen molar-refractivity contribution in [1.82, 2.24) is 10.3 Å². The molecule has 1 heterocycles. The molecule has 24 heavy (non-hydrogen) atoms. The number of hydrogen-bond acceptors (Lipinski definition) is 4. The number of nitrogens with zero attached hydrogens (tertiary/aromatic N) is 1. The average molecular weight is 340 g/mol. The highest BCUT2D eigenvalue weighted by Crippen LogP contribution is 2.12. The number of carbonyl (C=O) groups is 1. The Morgan fingerprint density at radius 3 is 2.62 bits per heavy atom. The van der Waals surface area contributed by atoms with E-state index in [1.54, 1.807) is 24.2 Å². The van der Waals surface area contributed by atoms with Gasteiger partial charge in [0.05, 0.1) is 5.75 Å². The molecule has 0 radical (unpaired) electrons. The highest BCUT2D eigenvalue weighted by Gasteiger charge is 2.02. The van der Waals surface area contributed by atoms with Crippen LogP contribution in [0.4, 0.5) is 0 Å². The van der Waals surface area contributed by atoms with Gasteiger partial charge in [0, 0.05) is 24.7 Å². The molecule has 124 valence electrons. The Labute approximate surface area is 147 Å². The van der Waals surface area contributed by atoms with Gasteiger partial charge in [0.1, 0.15) is 12.4 Å². The molecule has 0 fully saturated rings. The Morgan fingerprint density at radius 1 is 1.17 bits per heavy atom. The van der Waals surface area contributed by atoms with Crippen molar-refractivity contribution in [3.63, 3.8) is 0 Å². The van der Waals surface area contributed by atoms with Gasteiger partial charge < -0.3 is 10.1 Å². The van der Waals surface area contributed by atoms with Crippen molar-refractivity contribution < 1.29 is 9.53 Å². The molecule has 0 unspecified atom stereocenters. The minimum atomic E-state index is 0.0584. The minimum Gasteiger partial charge on any atom is -0.481 e. The molecule has 1 aromatic carbocycles. The number of nitrogens with one attached hydrogen (secondary N) is 1. The third-order valence-corrected chi connectivity index (χ3v) is 4.24. The fraction of sp³-hybridized carbons (Fsp3) is 0.263. The van der Waals surface area contributed by atoms with E-state index in [1.165, 1.54) is 5.56 Å². The first-order chi connectivity index (χ1) is 11.8. The Balaban J connectivity index is 1.61. The van der Waals surface area contributed by atoms with Crippen molar-refractivity contribution in [1.29, 1.82) is 0 Å². The number of terminal acetylenes is 1. The number of aromatic nitrogens is 1. The van der Waals surface area contributed by atoms with Crippen LogP contribution in [-0.4, -0.2) is 29.8 Å². The summed E-state index contributed by atoms with van der Waals surface area (Å²) in [5.41, 5.74) is 2.32. The molecule has 0 saturated carbocycles. The first kappa shape index (κ1) is 17.9. The molecule has 2 rings (SSSR count). The molecule has 1 amide bonds. The van der Waals surface area contributed by atoms with E-state index in [-0.39, 0.29) is 12.5 Å². The molecule has 0 aliphatic rings. The van der Waals surface area contributed by atoms with Crippen molar-refractivity contribution in [2.24, 2.45) is 0 Å². The van der Waals surface area contributed by atoms with Crippen LogP contribution in [0.2, 0.25) is 0 Å². The van der Waals surface area contributed by atoms with E-state index in [2.05, 4.69) is 16.2 Å². The molecule has 0 aliphatic carbocycles. The van der Waals surface area contributed by atoms with Gasteiger partial charge >= 0.3 is 0 Å². The predicted octanol–water partition coefficient (Wildman–Crippen LogP) is 2.69. The number of ether oxygens (including phenoxy) is 1. The summed E-state index contributed by atoms with van der Waals surface area (Å²) in [6, 6.07) is 11.7. The van der Waals surface area contributed by atoms with Crippen molar-refractivity contribution >= 4 is 17.7 Å². The van der Waals surface area contributed by atoms with Gasteiger partial charge in [-0.2, -0.15) is 0 Å². The van der Waals surface area contributed by atoms with Crippen LogP contribution in [0.5, 0.6) is 5.75 Å². The van der Waals surface area contributed by atoms with Crippen molar-refractivity contribution in [3.8, 4) is 18.1 Å². The predicted molar refractivity (Wildman–Crippen MR) is 97.9 cm³/mol. The maximum Gasteiger partial charge on any atom is 0.230 e. The molecule has 0 bridgehead atoms. The molecule has 4 nitrogen and oxygen atoms in total. The summed E-state index contributed by atoms with van der Waals surface area (Å²) in [6.07, 6.45) is 9.46. The summed E-state index contributed by atoms with van der Waals surface area (Å²) < 4.78 is 5.32. The second-order valence-electron chi connectivity index (χ2n) is 5.08. The lowest BCUT2D eigenvalue weighted by atomic mass is 10.1. The molecule has 0 aliphatic heterocycles. The third kappa shape index (κ3) is 6.76. The third-order valence-electron chi connectivity index (χ3n) is 3.23. The zero-order chi connectivity index (χ0) is 17.0. The summed E-state index contributed by atoms with van der Waals surface area (Å²) in [7, 11) is 0. The second kappa shape index (κ2) is 10.3. The highest BCUT2D eigenvalue weighted by molar-refractivity contribution is 7.99. The number of rotatable bonds is 9. The Morgan fingerprint density at radius 2 is 1.92 bits per heavy atom. The fourth-order valence-corrected chi connectivity index (χ4v) is 2.83. The van der Waals surface area contributed by atoms with Gasteiger partial charge in [0.2, 0.25) is 5.91 Å². The van der Waals surface area contributed by atoms with E-state index in [0.29, 0.717) is 12.3 Å². The van der Waals surface area contributed by atoms with Gasteiger partial charge in [-0.25, -0.2) is 0 Å². The van der Waals surface area contributed by atoms with Crippen LogP contribution in [0, 0.1) is 12.3 Å². The van der Waals surface area contributed by atoms with Crippen molar-refractivity contribution in [3.05, 3.63) is 59.9 Å². The Hall–Kier alpha value is -2.45. The van der Waals surface area contributed by atoms with Crippen LogP contribution in [0.15, 0.2) is 48.8 Å². The highest BCUT2D eigenvalue weighted by atomic mass is 32.2. The second-order valence-corrected chi connectivity index (χ2v) is 6.07. The Kier molecular flexibility index (Phi) is 7.72. The van der Waals surface area contributed by atoms with Crippen LogP contribution in [0.1, 0.15) is 11.1 Å². The smallest absolute Gasteiger partial charge is 0.230 e. The van der Waals surface area contributed by atoms with Crippen LogP contribution >= 0.6 is 11.8 Å². The van der Waals surface area contributed by atoms with Gasteiger partial charge in [-0.3, -0.25) is 9.78 Å². The number of pyridine rings is 1. The first-order valence-electron chi connectivity index (χ1n) is 7.66. The van der Waals surface area contributed by atoms with Gasteiger partial charge in [-0.15, -0.1) is 18.2 Å². The minimum absolute atomic E-state index is 0.0584. The normalized spacial score (nSPS) is 9.96. The van der Waals surface area contributed by atoms with E-state index in [1.807, 2.05) is 36.4 Å². The van der Waals surface area contributed by atoms with Crippen LogP contribution in [-0.2, 0) is 17.0 Å². The first-order valence-corrected chi connectivity index (χ1v) is 8.82. The summed E-state index contributed by atoms with van der Waals surface area (Å²) in [6.45, 7) is 0.895. The molecule has 1 N–H and O–H groups in total. The maximum atomic E-state index is 11.8. The van der Waals surface area contributed by atoms with Gasteiger partial charge in [0.15, 0.2) is 0 Å². The zero-order valence-corrected chi connectivity index (χ0v) is 14.2. The lowest BCUT2D eigenvalue weighted by Crippen LogP contribution is -2.27. The summed E-state index contributed by atoms with van der Waals surface area (Å²) >= 11 is 1.60. The molecule has 0 spiro atoms. The topological polar surface area (TPSA) is 51.2 Å². The van der Waals surface area contributed by atoms with Crippen LogP contribution in [0.25, 0.3) is 0 Å². The standard InChI is InChI=1S/C19H20N2O2S/c1-2-13-23-18-5-3-16(4-6-18)9-12-21-19(22)15-24-14-17-7-10-20-11-8-17/h1,3-8,10-11H,9,12-15H2,(H,21,22). The molecular formula is C19H20N2O2S. The summed E-state index contributed by atoms with van der Waals surface area (Å²) in [5, 5.41) is 2.94. The number of benzene rings is 1. The average Bonchev–Trinajstić information content (AvgIpc) is 2.62. The zero-order valence-electron chi connectivity index (χ0n) is 13.4. The van der Waals surface area contributed by atoms with Gasteiger partial charge in [-0.05, 0) is 41.8 Å². The molecule has 2 aromatic rings. The number of hydrogen-bond donors (Lipinski definition) is 1. The van der Waals surface area contributed by atoms with E-state index in [4.69, 9.17) is 11.2 Å². The summed E-state index contributed by atoms with van der Waals surface area (Å²) in [5.74, 6) is 4.52. The number of amides is 1. The van der Waals surface area contributed by atoms with Crippen LogP contribution < -0.4 is 10.1 Å². The lowest BCUT2D eigenvalue weighted by Gasteiger charge is -2.07. The van der Waals surface area contributed by atoms with E-state index < -0.39 is 0 Å². The summed E-state index contributed by atoms with van der Waals surface area (Å²) in [4.78, 5) is 15.8. The largest absolute Gasteiger partial charge is 0.481 e. The molecule has 5 heteroatoms. The SMILES string of the molecule is C#CCOc1ccc(CCNC(=O)CSCc2ccncc2)cc1. The van der Waals surface area contributed by atoms with E-state index >= 15 is 0 Å². The van der Waals surface area contributed by atoms with Crippen molar-refractivity contribution in [2.75, 3.05) is 18.9 Å². The molecular weight excluding hydrogens is 320 g/mol. The van der Waals surface area contributed by atoms with Crippen molar-refractivity contribution in [2.45, 2.75) is 12.2 Å². The lowest BCUT2D eigenvalue weighted by molar-refractivity contribution is -0.118. The Bertz CT molecular complexity index is 666. The van der Waals surface area contributed by atoms with E-state index in [9.17, 15) is 4.79 Å². The van der Waals surface area contributed by atoms with Crippen LogP contribution in [0.3, 0.4) is 0 Å². The molecule has 0 atom stereocenters. The van der Waals surface area contributed by atoms with E-state index in [0.717, 1.165) is 23.5 Å². The quantitative estimate of drug-likeness (QED) is 0.713. The van der Waals surface area contributed by atoms with Gasteiger partial charge in [0.25, 0.3) is 0 Å². The number of thioether (sulfide) groups is 1.